The van der Waals surface area contributed by atoms with Gasteiger partial charge in [0.15, 0.2) is 0 Å². The zero-order chi connectivity index (χ0) is 25.2. The molecule has 0 atom stereocenters. The van der Waals surface area contributed by atoms with E-state index in [0.717, 1.165) is 12.8 Å². The summed E-state index contributed by atoms with van der Waals surface area (Å²) < 4.78 is 1.22. The van der Waals surface area contributed by atoms with Crippen molar-refractivity contribution in [1.82, 2.24) is 0 Å². The van der Waals surface area contributed by atoms with E-state index in [1.165, 1.54) is 159 Å². The Morgan fingerprint density at radius 2 is 0.735 bits per heavy atom. The van der Waals surface area contributed by atoms with E-state index in [-0.39, 0.29) is 0 Å². The first kappa shape index (κ1) is 33.4. The first-order chi connectivity index (χ1) is 16.5. The van der Waals surface area contributed by atoms with Crippen LogP contribution in [0, 0.1) is 0 Å². The molecule has 204 valence electrons. The van der Waals surface area contributed by atoms with E-state index < -0.39 is 5.97 Å². The van der Waals surface area contributed by atoms with Crippen LogP contribution in [0.4, 0.5) is 0 Å². The van der Waals surface area contributed by atoms with Gasteiger partial charge in [0.25, 0.3) is 0 Å². The molecule has 3 nitrogen and oxygen atoms in total. The Balaban J connectivity index is 3.28. The molecule has 0 heterocycles. The highest BCUT2D eigenvalue weighted by Crippen LogP contribution is 2.15. The van der Waals surface area contributed by atoms with Gasteiger partial charge in [-0.3, -0.25) is 4.79 Å². The third-order valence-electron chi connectivity index (χ3n) is 7.52. The van der Waals surface area contributed by atoms with Crippen LogP contribution in [0.5, 0.6) is 0 Å². The molecule has 0 amide bonds. The Hall–Kier alpha value is -0.570. The van der Waals surface area contributed by atoms with Gasteiger partial charge in [0.2, 0.25) is 0 Å². The maximum atomic E-state index is 10.5. The van der Waals surface area contributed by atoms with Crippen molar-refractivity contribution in [2.24, 2.45) is 0 Å². The molecule has 0 aliphatic carbocycles. The average Bonchev–Trinajstić information content (AvgIpc) is 2.79. The van der Waals surface area contributed by atoms with Gasteiger partial charge in [0.1, 0.15) is 0 Å². The van der Waals surface area contributed by atoms with Gasteiger partial charge < -0.3 is 9.59 Å². The minimum absolute atomic E-state index is 0.344. The van der Waals surface area contributed by atoms with Crippen LogP contribution in [0.15, 0.2) is 0 Å². The third kappa shape index (κ3) is 27.7. The highest BCUT2D eigenvalue weighted by atomic mass is 16.4. The van der Waals surface area contributed by atoms with Crippen molar-refractivity contribution in [3.8, 4) is 0 Å². The van der Waals surface area contributed by atoms with Crippen molar-refractivity contribution in [3.63, 3.8) is 0 Å². The average molecular weight is 483 g/mol. The minimum atomic E-state index is -0.650. The second-order valence-electron chi connectivity index (χ2n) is 11.7. The number of carboxylic acid groups (broad SMARTS) is 1. The van der Waals surface area contributed by atoms with Crippen molar-refractivity contribution in [2.45, 2.75) is 167 Å². The number of unbranched alkanes of at least 4 members (excludes halogenated alkanes) is 22. The number of quaternary nitrogens is 1. The molecule has 0 aliphatic rings. The Morgan fingerprint density at radius 1 is 0.471 bits per heavy atom. The fourth-order valence-corrected chi connectivity index (χ4v) is 5.08. The van der Waals surface area contributed by atoms with E-state index in [1.807, 2.05) is 0 Å². The molecule has 0 spiro atoms. The van der Waals surface area contributed by atoms with Gasteiger partial charge in [0.05, 0.1) is 27.2 Å². The van der Waals surface area contributed by atoms with E-state index >= 15 is 0 Å². The summed E-state index contributed by atoms with van der Waals surface area (Å²) in [6.07, 6.45) is 33.1. The van der Waals surface area contributed by atoms with Crippen molar-refractivity contribution in [1.29, 1.82) is 0 Å². The SMILES string of the molecule is CCCCCCCCCCCC[N+](C)(C)CCCCCCCCCCCCCCCCC(=O)O. The molecular weight excluding hydrogens is 418 g/mol. The summed E-state index contributed by atoms with van der Waals surface area (Å²) in [7, 11) is 4.87. The highest BCUT2D eigenvalue weighted by Gasteiger charge is 2.13. The largest absolute Gasteiger partial charge is 0.481 e. The van der Waals surface area contributed by atoms with Gasteiger partial charge in [-0.25, -0.2) is 0 Å². The third-order valence-corrected chi connectivity index (χ3v) is 7.52. The van der Waals surface area contributed by atoms with Crippen molar-refractivity contribution < 1.29 is 14.4 Å². The Bertz CT molecular complexity index is 422. The van der Waals surface area contributed by atoms with Crippen LogP contribution in [0.1, 0.15) is 167 Å². The topological polar surface area (TPSA) is 37.3 Å². The van der Waals surface area contributed by atoms with Crippen LogP contribution in [0.2, 0.25) is 0 Å². The number of hydrogen-bond donors (Lipinski definition) is 1. The van der Waals surface area contributed by atoms with Crippen LogP contribution in [-0.4, -0.2) is 42.7 Å². The maximum absolute atomic E-state index is 10.5. The number of rotatable bonds is 28. The molecule has 0 aromatic heterocycles. The first-order valence-corrected chi connectivity index (χ1v) is 15.5. The lowest BCUT2D eigenvalue weighted by molar-refractivity contribution is -0.890. The van der Waals surface area contributed by atoms with Crippen LogP contribution < -0.4 is 0 Å². The molecule has 0 aliphatic heterocycles. The molecule has 0 saturated carbocycles. The second-order valence-corrected chi connectivity index (χ2v) is 11.7. The molecule has 0 saturated heterocycles. The van der Waals surface area contributed by atoms with Gasteiger partial charge in [-0.15, -0.1) is 0 Å². The lowest BCUT2D eigenvalue weighted by Gasteiger charge is -2.30. The number of carbonyl (C=O) groups is 1. The molecule has 0 aromatic rings. The molecule has 0 unspecified atom stereocenters. The van der Waals surface area contributed by atoms with Gasteiger partial charge in [-0.1, -0.05) is 129 Å². The van der Waals surface area contributed by atoms with E-state index in [0.29, 0.717) is 6.42 Å². The molecule has 0 fully saturated rings. The highest BCUT2D eigenvalue weighted by molar-refractivity contribution is 5.66. The maximum Gasteiger partial charge on any atom is 0.303 e. The van der Waals surface area contributed by atoms with E-state index in [1.54, 1.807) is 0 Å². The van der Waals surface area contributed by atoms with Crippen molar-refractivity contribution >= 4 is 5.97 Å². The second kappa shape index (κ2) is 25.5. The molecule has 0 radical (unpaired) electrons. The molecule has 0 aromatic carbocycles. The summed E-state index contributed by atoms with van der Waals surface area (Å²) in [4.78, 5) is 10.5. The Kier molecular flexibility index (Phi) is 25.1. The van der Waals surface area contributed by atoms with Crippen molar-refractivity contribution in [2.75, 3.05) is 27.2 Å². The van der Waals surface area contributed by atoms with Gasteiger partial charge in [-0.05, 0) is 32.1 Å². The molecule has 3 heteroatoms. The summed E-state index contributed by atoms with van der Waals surface area (Å²) in [5, 5.41) is 8.63. The van der Waals surface area contributed by atoms with Crippen LogP contribution in [0.25, 0.3) is 0 Å². The lowest BCUT2D eigenvalue weighted by atomic mass is 10.0. The number of carboxylic acids is 1. The minimum Gasteiger partial charge on any atom is -0.481 e. The van der Waals surface area contributed by atoms with Gasteiger partial charge >= 0.3 is 5.97 Å². The Morgan fingerprint density at radius 3 is 1.03 bits per heavy atom. The molecule has 34 heavy (non-hydrogen) atoms. The fourth-order valence-electron chi connectivity index (χ4n) is 5.08. The van der Waals surface area contributed by atoms with Crippen molar-refractivity contribution in [3.05, 3.63) is 0 Å². The summed E-state index contributed by atoms with van der Waals surface area (Å²) in [6.45, 7) is 5.01. The first-order valence-electron chi connectivity index (χ1n) is 15.5. The quantitative estimate of drug-likeness (QED) is 0.0889. The van der Waals surface area contributed by atoms with Gasteiger partial charge in [0, 0.05) is 6.42 Å². The summed E-state index contributed by atoms with van der Waals surface area (Å²) in [5.41, 5.74) is 0. The zero-order valence-electron chi connectivity index (χ0n) is 23.9. The normalized spacial score (nSPS) is 11.9. The lowest BCUT2D eigenvalue weighted by Crippen LogP contribution is -2.41. The van der Waals surface area contributed by atoms with E-state index in [9.17, 15) is 4.79 Å². The summed E-state index contributed by atoms with van der Waals surface area (Å²) >= 11 is 0. The fraction of sp³-hybridized carbons (Fsp3) is 0.968. The number of nitrogens with zero attached hydrogens (tertiary/aromatic N) is 1. The Labute approximate surface area is 215 Å². The monoisotopic (exact) mass is 482 g/mol. The predicted molar refractivity (Wildman–Crippen MR) is 151 cm³/mol. The number of aliphatic carboxylic acids is 1. The van der Waals surface area contributed by atoms with E-state index in [4.69, 9.17) is 5.11 Å². The van der Waals surface area contributed by atoms with Crippen LogP contribution in [-0.2, 0) is 4.79 Å². The van der Waals surface area contributed by atoms with Crippen LogP contribution >= 0.6 is 0 Å². The smallest absolute Gasteiger partial charge is 0.303 e. The predicted octanol–water partition coefficient (Wildman–Crippen LogP) is 9.92. The molecule has 1 N–H and O–H groups in total. The standard InChI is InChI=1S/C31H63NO2/c1-4-5-6-7-8-9-17-20-23-26-29-32(2,3)30-27-24-21-18-15-13-11-10-12-14-16-19-22-25-28-31(33)34/h4-30H2,1-3H3/p+1. The van der Waals surface area contributed by atoms with Crippen LogP contribution in [0.3, 0.4) is 0 Å². The molecule has 0 bridgehead atoms. The van der Waals surface area contributed by atoms with E-state index in [2.05, 4.69) is 21.0 Å². The molecule has 0 rings (SSSR count). The number of hydrogen-bond acceptors (Lipinski definition) is 1. The zero-order valence-corrected chi connectivity index (χ0v) is 23.9. The summed E-state index contributed by atoms with van der Waals surface area (Å²) in [6, 6.07) is 0. The summed E-state index contributed by atoms with van der Waals surface area (Å²) in [5.74, 6) is -0.650. The van der Waals surface area contributed by atoms with Gasteiger partial charge in [-0.2, -0.15) is 0 Å². The molecular formula is C31H64NO2+.